The van der Waals surface area contributed by atoms with Crippen LogP contribution < -0.4 is 5.73 Å². The first kappa shape index (κ1) is 12.8. The van der Waals surface area contributed by atoms with E-state index in [0.29, 0.717) is 12.5 Å². The molecule has 0 aliphatic heterocycles. The minimum Gasteiger partial charge on any atom is -0.330 e. The number of benzene rings is 1. The number of aromatic nitrogens is 1. The van der Waals surface area contributed by atoms with Crippen LogP contribution in [-0.2, 0) is 11.8 Å². The van der Waals surface area contributed by atoms with Crippen molar-refractivity contribution in [3.05, 3.63) is 39.7 Å². The summed E-state index contributed by atoms with van der Waals surface area (Å²) in [4.78, 5) is 6.28. The first-order chi connectivity index (χ1) is 9.03. The average Bonchev–Trinajstić information content (AvgIpc) is 2.81. The zero-order chi connectivity index (χ0) is 13.6. The maximum absolute atomic E-state index is 5.78. The Kier molecular flexibility index (Phi) is 2.99. The molecule has 0 amide bonds. The fraction of sp³-hybridized carbons (Fsp3) is 0.438. The number of fused-ring (bicyclic) bond motifs is 3. The summed E-state index contributed by atoms with van der Waals surface area (Å²) in [6, 6.07) is 8.67. The van der Waals surface area contributed by atoms with Gasteiger partial charge in [-0.25, -0.2) is 4.98 Å². The van der Waals surface area contributed by atoms with Gasteiger partial charge in [0, 0.05) is 22.9 Å². The van der Waals surface area contributed by atoms with E-state index in [2.05, 4.69) is 45.0 Å². The highest BCUT2D eigenvalue weighted by Crippen LogP contribution is 2.45. The van der Waals surface area contributed by atoms with Gasteiger partial charge in [-0.1, -0.05) is 45.0 Å². The molecule has 0 bridgehead atoms. The van der Waals surface area contributed by atoms with Crippen LogP contribution in [0.5, 0.6) is 0 Å². The van der Waals surface area contributed by atoms with E-state index in [1.165, 1.54) is 26.7 Å². The minimum atomic E-state index is 0.194. The molecule has 0 spiro atoms. The number of thiazole rings is 1. The summed E-state index contributed by atoms with van der Waals surface area (Å²) in [5, 5.41) is 1.18. The molecule has 0 saturated carbocycles. The summed E-state index contributed by atoms with van der Waals surface area (Å²) in [5.74, 6) is 0.353. The van der Waals surface area contributed by atoms with Gasteiger partial charge in [0.15, 0.2) is 0 Å². The highest BCUT2D eigenvalue weighted by molar-refractivity contribution is 7.12. The number of hydrogen-bond acceptors (Lipinski definition) is 3. The molecule has 1 aliphatic carbocycles. The number of nitrogens with zero attached hydrogens (tertiary/aromatic N) is 1. The third-order valence-corrected chi connectivity index (χ3v) is 5.29. The van der Waals surface area contributed by atoms with E-state index >= 15 is 0 Å². The Hall–Kier alpha value is -1.19. The van der Waals surface area contributed by atoms with E-state index in [1.807, 2.05) is 11.3 Å². The van der Waals surface area contributed by atoms with Crippen molar-refractivity contribution in [3.8, 4) is 11.3 Å². The molecular weight excluding hydrogens is 252 g/mol. The van der Waals surface area contributed by atoms with Crippen molar-refractivity contribution < 1.29 is 0 Å². The largest absolute Gasteiger partial charge is 0.330 e. The van der Waals surface area contributed by atoms with Crippen molar-refractivity contribution in [1.82, 2.24) is 4.98 Å². The molecular formula is C16H20N2S. The lowest BCUT2D eigenvalue weighted by Gasteiger charge is -2.31. The molecule has 0 radical (unpaired) electrons. The minimum absolute atomic E-state index is 0.194. The topological polar surface area (TPSA) is 38.9 Å². The van der Waals surface area contributed by atoms with E-state index < -0.39 is 0 Å². The van der Waals surface area contributed by atoms with Gasteiger partial charge in [0.1, 0.15) is 0 Å². The Bertz CT molecular complexity index is 613. The fourth-order valence-corrected chi connectivity index (χ4v) is 4.16. The Labute approximate surface area is 118 Å². The van der Waals surface area contributed by atoms with Crippen LogP contribution in [0, 0.1) is 0 Å². The fourth-order valence-electron chi connectivity index (χ4n) is 2.79. The standard InChI is InChI=1S/C16H20N2S/c1-10(9-17)15-18-14-11-6-4-5-7-12(11)16(2,3)8-13(14)19-15/h4-7,10H,8-9,17H2,1-3H3. The molecule has 3 rings (SSSR count). The van der Waals surface area contributed by atoms with Gasteiger partial charge in [-0.05, 0) is 17.4 Å². The molecule has 19 heavy (non-hydrogen) atoms. The number of nitrogens with two attached hydrogens (primary N) is 1. The molecule has 1 heterocycles. The number of hydrogen-bond donors (Lipinski definition) is 1. The van der Waals surface area contributed by atoms with Gasteiger partial charge < -0.3 is 5.73 Å². The van der Waals surface area contributed by atoms with Crippen LogP contribution in [-0.4, -0.2) is 11.5 Å². The smallest absolute Gasteiger partial charge is 0.0976 e. The summed E-state index contributed by atoms with van der Waals surface area (Å²) in [7, 11) is 0. The van der Waals surface area contributed by atoms with Crippen LogP contribution in [0.4, 0.5) is 0 Å². The van der Waals surface area contributed by atoms with Gasteiger partial charge in [-0.2, -0.15) is 0 Å². The van der Waals surface area contributed by atoms with Crippen molar-refractivity contribution in [2.24, 2.45) is 5.73 Å². The van der Waals surface area contributed by atoms with Gasteiger partial charge in [0.25, 0.3) is 0 Å². The molecule has 2 nitrogen and oxygen atoms in total. The third-order valence-electron chi connectivity index (χ3n) is 4.00. The molecule has 2 aromatic rings. The van der Waals surface area contributed by atoms with Crippen LogP contribution in [0.2, 0.25) is 0 Å². The molecule has 2 N–H and O–H groups in total. The molecule has 0 saturated heterocycles. The lowest BCUT2D eigenvalue weighted by atomic mass is 9.74. The quantitative estimate of drug-likeness (QED) is 0.905. The van der Waals surface area contributed by atoms with Crippen molar-refractivity contribution in [3.63, 3.8) is 0 Å². The van der Waals surface area contributed by atoms with Crippen LogP contribution in [0.3, 0.4) is 0 Å². The molecule has 1 aromatic heterocycles. The summed E-state index contributed by atoms with van der Waals surface area (Å²) < 4.78 is 0. The summed E-state index contributed by atoms with van der Waals surface area (Å²) in [6.45, 7) is 7.46. The second kappa shape index (κ2) is 4.43. The molecule has 1 aromatic carbocycles. The van der Waals surface area contributed by atoms with E-state index in [9.17, 15) is 0 Å². The van der Waals surface area contributed by atoms with Crippen molar-refractivity contribution in [2.45, 2.75) is 38.5 Å². The summed E-state index contributed by atoms with van der Waals surface area (Å²) >= 11 is 1.84. The van der Waals surface area contributed by atoms with Crippen LogP contribution >= 0.6 is 11.3 Å². The maximum atomic E-state index is 5.78. The highest BCUT2D eigenvalue weighted by Gasteiger charge is 2.33. The van der Waals surface area contributed by atoms with Crippen molar-refractivity contribution in [2.75, 3.05) is 6.54 Å². The first-order valence-electron chi connectivity index (χ1n) is 6.82. The average molecular weight is 272 g/mol. The molecule has 3 heteroatoms. The van der Waals surface area contributed by atoms with Crippen molar-refractivity contribution in [1.29, 1.82) is 0 Å². The zero-order valence-electron chi connectivity index (χ0n) is 11.7. The summed E-state index contributed by atoms with van der Waals surface area (Å²) in [6.07, 6.45) is 1.08. The normalized spacial score (nSPS) is 17.7. The monoisotopic (exact) mass is 272 g/mol. The molecule has 100 valence electrons. The van der Waals surface area contributed by atoms with Gasteiger partial charge >= 0.3 is 0 Å². The van der Waals surface area contributed by atoms with E-state index in [-0.39, 0.29) is 5.41 Å². The van der Waals surface area contributed by atoms with Gasteiger partial charge in [0.05, 0.1) is 10.7 Å². The predicted octanol–water partition coefficient (Wildman–Crippen LogP) is 3.71. The first-order valence-corrected chi connectivity index (χ1v) is 7.64. The Morgan fingerprint density at radius 2 is 2.11 bits per heavy atom. The second-order valence-corrected chi connectivity index (χ2v) is 7.18. The molecule has 1 atom stereocenters. The Morgan fingerprint density at radius 1 is 1.37 bits per heavy atom. The van der Waals surface area contributed by atoms with Crippen LogP contribution in [0.15, 0.2) is 24.3 Å². The lowest BCUT2D eigenvalue weighted by molar-refractivity contribution is 0.521. The summed E-state index contributed by atoms with van der Waals surface area (Å²) in [5.41, 5.74) is 9.88. The SMILES string of the molecule is CC(CN)c1nc2c(s1)CC(C)(C)c1ccccc1-2. The number of rotatable bonds is 2. The third kappa shape index (κ3) is 2.01. The van der Waals surface area contributed by atoms with E-state index in [0.717, 1.165) is 6.42 Å². The molecule has 1 aliphatic rings. The molecule has 1 unspecified atom stereocenters. The van der Waals surface area contributed by atoms with Gasteiger partial charge in [0.2, 0.25) is 0 Å². The van der Waals surface area contributed by atoms with Gasteiger partial charge in [-0.3, -0.25) is 0 Å². The Morgan fingerprint density at radius 3 is 2.84 bits per heavy atom. The highest BCUT2D eigenvalue weighted by atomic mass is 32.1. The van der Waals surface area contributed by atoms with Crippen molar-refractivity contribution >= 4 is 11.3 Å². The Balaban J connectivity index is 2.17. The maximum Gasteiger partial charge on any atom is 0.0976 e. The van der Waals surface area contributed by atoms with Crippen LogP contribution in [0.25, 0.3) is 11.3 Å². The zero-order valence-corrected chi connectivity index (χ0v) is 12.6. The van der Waals surface area contributed by atoms with E-state index in [1.54, 1.807) is 0 Å². The lowest BCUT2D eigenvalue weighted by Crippen LogP contribution is -2.24. The predicted molar refractivity (Wildman–Crippen MR) is 81.7 cm³/mol. The van der Waals surface area contributed by atoms with E-state index in [4.69, 9.17) is 10.7 Å². The second-order valence-electron chi connectivity index (χ2n) is 6.07. The molecule has 0 fully saturated rings. The van der Waals surface area contributed by atoms with Crippen LogP contribution in [0.1, 0.15) is 42.1 Å². The van der Waals surface area contributed by atoms with Gasteiger partial charge in [-0.15, -0.1) is 11.3 Å².